The molecule has 0 amide bonds. The molecular formula is C13H11Cl3N4O. The Hall–Kier alpha value is -1.30. The van der Waals surface area contributed by atoms with Gasteiger partial charge in [-0.1, -0.05) is 23.2 Å². The standard InChI is InChI=1S/C13H11Cl3N4O/c14-8-3-4-10(9(15)7-8)21-13-18-11(16)17-12(19-13)20-5-1-2-6-20/h3-4,7H,1-2,5-6H2. The van der Waals surface area contributed by atoms with Gasteiger partial charge in [0, 0.05) is 18.1 Å². The molecule has 1 aliphatic rings. The maximum atomic E-state index is 6.06. The van der Waals surface area contributed by atoms with Crippen molar-refractivity contribution < 1.29 is 4.74 Å². The van der Waals surface area contributed by atoms with Crippen LogP contribution in [0, 0.1) is 0 Å². The highest BCUT2D eigenvalue weighted by atomic mass is 35.5. The van der Waals surface area contributed by atoms with Crippen molar-refractivity contribution in [2.45, 2.75) is 12.8 Å². The Bertz CT molecular complexity index is 662. The molecule has 0 radical (unpaired) electrons. The van der Waals surface area contributed by atoms with Crippen LogP contribution >= 0.6 is 34.8 Å². The molecule has 0 aliphatic carbocycles. The molecular weight excluding hydrogens is 335 g/mol. The molecule has 5 nitrogen and oxygen atoms in total. The fourth-order valence-electron chi connectivity index (χ4n) is 2.08. The first kappa shape index (κ1) is 14.6. The molecule has 1 aliphatic heterocycles. The smallest absolute Gasteiger partial charge is 0.328 e. The number of aromatic nitrogens is 3. The summed E-state index contributed by atoms with van der Waals surface area (Å²) in [6, 6.07) is 5.02. The molecule has 1 aromatic carbocycles. The van der Waals surface area contributed by atoms with Gasteiger partial charge in [0.2, 0.25) is 11.2 Å². The highest BCUT2D eigenvalue weighted by Crippen LogP contribution is 2.31. The molecule has 1 aromatic heterocycles. The molecule has 1 fully saturated rings. The van der Waals surface area contributed by atoms with Crippen LogP contribution in [-0.2, 0) is 0 Å². The van der Waals surface area contributed by atoms with Crippen molar-refractivity contribution in [1.82, 2.24) is 15.0 Å². The minimum atomic E-state index is 0.0898. The SMILES string of the molecule is Clc1ccc(Oc2nc(Cl)nc(N3CCCC3)n2)c(Cl)c1. The lowest BCUT2D eigenvalue weighted by molar-refractivity contribution is 0.439. The van der Waals surface area contributed by atoms with E-state index in [1.165, 1.54) is 0 Å². The van der Waals surface area contributed by atoms with Crippen molar-refractivity contribution in [1.29, 1.82) is 0 Å². The monoisotopic (exact) mass is 344 g/mol. The zero-order chi connectivity index (χ0) is 14.8. The molecule has 0 bridgehead atoms. The fourth-order valence-corrected chi connectivity index (χ4v) is 2.68. The van der Waals surface area contributed by atoms with E-state index >= 15 is 0 Å². The van der Waals surface area contributed by atoms with Crippen LogP contribution in [0.1, 0.15) is 12.8 Å². The van der Waals surface area contributed by atoms with E-state index in [1.54, 1.807) is 18.2 Å². The average molecular weight is 346 g/mol. The highest BCUT2D eigenvalue weighted by Gasteiger charge is 2.18. The number of halogens is 3. The lowest BCUT2D eigenvalue weighted by Crippen LogP contribution is -2.21. The number of benzene rings is 1. The van der Waals surface area contributed by atoms with E-state index in [1.807, 2.05) is 4.90 Å². The third-order valence-corrected chi connectivity index (χ3v) is 3.76. The van der Waals surface area contributed by atoms with E-state index in [4.69, 9.17) is 39.5 Å². The van der Waals surface area contributed by atoms with Crippen molar-refractivity contribution in [3.05, 3.63) is 33.5 Å². The Morgan fingerprint density at radius 1 is 1.00 bits per heavy atom. The molecule has 1 saturated heterocycles. The summed E-state index contributed by atoms with van der Waals surface area (Å²) in [6.07, 6.45) is 2.23. The van der Waals surface area contributed by atoms with Crippen LogP contribution < -0.4 is 9.64 Å². The fraction of sp³-hybridized carbons (Fsp3) is 0.308. The third kappa shape index (κ3) is 3.48. The third-order valence-electron chi connectivity index (χ3n) is 3.06. The van der Waals surface area contributed by atoms with E-state index < -0.39 is 0 Å². The van der Waals surface area contributed by atoms with Gasteiger partial charge in [-0.3, -0.25) is 0 Å². The van der Waals surface area contributed by atoms with Gasteiger partial charge < -0.3 is 9.64 Å². The zero-order valence-corrected chi connectivity index (χ0v) is 13.2. The number of hydrogen-bond acceptors (Lipinski definition) is 5. The highest BCUT2D eigenvalue weighted by molar-refractivity contribution is 6.35. The van der Waals surface area contributed by atoms with Gasteiger partial charge >= 0.3 is 6.01 Å². The number of nitrogens with zero attached hydrogens (tertiary/aromatic N) is 4. The second-order valence-electron chi connectivity index (χ2n) is 4.56. The summed E-state index contributed by atoms with van der Waals surface area (Å²) in [5, 5.41) is 0.993. The lowest BCUT2D eigenvalue weighted by atomic mass is 10.3. The summed E-state index contributed by atoms with van der Waals surface area (Å²) in [4.78, 5) is 14.4. The summed E-state index contributed by atoms with van der Waals surface area (Å²) >= 11 is 17.8. The topological polar surface area (TPSA) is 51.1 Å². The van der Waals surface area contributed by atoms with E-state index in [9.17, 15) is 0 Å². The molecule has 3 rings (SSSR count). The number of ether oxygens (including phenoxy) is 1. The Morgan fingerprint density at radius 3 is 2.48 bits per heavy atom. The van der Waals surface area contributed by atoms with Crippen LogP contribution in [0.4, 0.5) is 5.95 Å². The average Bonchev–Trinajstić information content (AvgIpc) is 2.95. The Kier molecular flexibility index (Phi) is 4.33. The number of rotatable bonds is 3. The Labute approximate surface area is 136 Å². The predicted molar refractivity (Wildman–Crippen MR) is 82.8 cm³/mol. The van der Waals surface area contributed by atoms with Crippen LogP contribution in [0.5, 0.6) is 11.8 Å². The van der Waals surface area contributed by atoms with Gasteiger partial charge in [-0.2, -0.15) is 15.0 Å². The quantitative estimate of drug-likeness (QED) is 0.833. The Balaban J connectivity index is 1.87. The normalized spacial score (nSPS) is 14.5. The minimum Gasteiger partial charge on any atom is -0.423 e. The molecule has 0 saturated carbocycles. The van der Waals surface area contributed by atoms with Crippen molar-refractivity contribution in [2.24, 2.45) is 0 Å². The van der Waals surface area contributed by atoms with Crippen LogP contribution in [0.2, 0.25) is 15.3 Å². The number of anilines is 1. The predicted octanol–water partition coefficient (Wildman–Crippen LogP) is 4.22. The van der Waals surface area contributed by atoms with Gasteiger partial charge in [-0.25, -0.2) is 0 Å². The van der Waals surface area contributed by atoms with Gasteiger partial charge in [0.15, 0.2) is 0 Å². The van der Waals surface area contributed by atoms with E-state index in [-0.39, 0.29) is 11.3 Å². The zero-order valence-electron chi connectivity index (χ0n) is 10.9. The summed E-state index contributed by atoms with van der Waals surface area (Å²) in [5.41, 5.74) is 0. The van der Waals surface area contributed by atoms with E-state index in [0.29, 0.717) is 21.7 Å². The van der Waals surface area contributed by atoms with Crippen molar-refractivity contribution in [2.75, 3.05) is 18.0 Å². The van der Waals surface area contributed by atoms with Crippen LogP contribution in [-0.4, -0.2) is 28.0 Å². The van der Waals surface area contributed by atoms with Crippen molar-refractivity contribution >= 4 is 40.8 Å². The molecule has 8 heteroatoms. The molecule has 2 heterocycles. The minimum absolute atomic E-state index is 0.0898. The van der Waals surface area contributed by atoms with Gasteiger partial charge in [0.05, 0.1) is 5.02 Å². The van der Waals surface area contributed by atoms with Crippen LogP contribution in [0.3, 0.4) is 0 Å². The molecule has 0 unspecified atom stereocenters. The van der Waals surface area contributed by atoms with Crippen molar-refractivity contribution in [3.8, 4) is 11.8 Å². The second-order valence-corrected chi connectivity index (χ2v) is 5.74. The largest absolute Gasteiger partial charge is 0.423 e. The van der Waals surface area contributed by atoms with Crippen LogP contribution in [0.15, 0.2) is 18.2 Å². The first-order chi connectivity index (χ1) is 10.1. The van der Waals surface area contributed by atoms with Gasteiger partial charge in [0.1, 0.15) is 5.75 Å². The van der Waals surface area contributed by atoms with Gasteiger partial charge in [0.25, 0.3) is 0 Å². The molecule has 0 N–H and O–H groups in total. The Morgan fingerprint density at radius 2 is 1.76 bits per heavy atom. The van der Waals surface area contributed by atoms with Crippen LogP contribution in [0.25, 0.3) is 0 Å². The van der Waals surface area contributed by atoms with E-state index in [2.05, 4.69) is 15.0 Å². The van der Waals surface area contributed by atoms with Gasteiger partial charge in [-0.05, 0) is 42.6 Å². The molecule has 2 aromatic rings. The molecule has 110 valence electrons. The molecule has 0 atom stereocenters. The first-order valence-electron chi connectivity index (χ1n) is 6.41. The van der Waals surface area contributed by atoms with Gasteiger partial charge in [-0.15, -0.1) is 0 Å². The summed E-state index contributed by atoms with van der Waals surface area (Å²) < 4.78 is 5.58. The second kappa shape index (κ2) is 6.22. The maximum absolute atomic E-state index is 6.06. The lowest BCUT2D eigenvalue weighted by Gasteiger charge is -2.15. The van der Waals surface area contributed by atoms with Crippen molar-refractivity contribution in [3.63, 3.8) is 0 Å². The molecule has 0 spiro atoms. The number of hydrogen-bond donors (Lipinski definition) is 0. The molecule has 21 heavy (non-hydrogen) atoms. The first-order valence-corrected chi connectivity index (χ1v) is 7.54. The maximum Gasteiger partial charge on any atom is 0.328 e. The summed E-state index contributed by atoms with van der Waals surface area (Å²) in [5.74, 6) is 0.934. The summed E-state index contributed by atoms with van der Waals surface area (Å²) in [6.45, 7) is 1.81. The summed E-state index contributed by atoms with van der Waals surface area (Å²) in [7, 11) is 0. The van der Waals surface area contributed by atoms with E-state index in [0.717, 1.165) is 25.9 Å².